The lowest BCUT2D eigenvalue weighted by Crippen LogP contribution is -2.32. The zero-order valence-electron chi connectivity index (χ0n) is 32.5. The van der Waals surface area contributed by atoms with Crippen LogP contribution in [-0.4, -0.2) is 0 Å². The van der Waals surface area contributed by atoms with E-state index in [4.69, 9.17) is 4.74 Å². The number of para-hydroxylation sites is 3. The quantitative estimate of drug-likeness (QED) is 0.165. The van der Waals surface area contributed by atoms with Crippen molar-refractivity contribution in [3.8, 4) is 33.8 Å². The Balaban J connectivity index is 1.16. The highest BCUT2D eigenvalue weighted by atomic mass is 32.1. The second-order valence-corrected chi connectivity index (χ2v) is 17.0. The molecular formula is C57H35NOS. The fraction of sp³-hybridized carbons (Fsp3) is 0.0175. The van der Waals surface area contributed by atoms with Gasteiger partial charge in [-0.1, -0.05) is 158 Å². The van der Waals surface area contributed by atoms with E-state index in [1.54, 1.807) is 0 Å². The third kappa shape index (κ3) is 4.58. The highest BCUT2D eigenvalue weighted by molar-refractivity contribution is 7.26. The van der Waals surface area contributed by atoms with Crippen LogP contribution in [0.1, 0.15) is 22.3 Å². The number of nitrogens with zero attached hydrogens (tertiary/aromatic N) is 1. The van der Waals surface area contributed by atoms with Crippen molar-refractivity contribution in [2.24, 2.45) is 0 Å². The zero-order chi connectivity index (χ0) is 39.4. The van der Waals surface area contributed by atoms with Crippen molar-refractivity contribution < 1.29 is 4.74 Å². The van der Waals surface area contributed by atoms with E-state index in [1.807, 2.05) is 11.3 Å². The molecule has 0 fully saturated rings. The van der Waals surface area contributed by atoms with Gasteiger partial charge in [0.2, 0.25) is 0 Å². The minimum atomic E-state index is -0.577. The molecule has 2 aliphatic rings. The highest BCUT2D eigenvalue weighted by Crippen LogP contribution is 2.64. The van der Waals surface area contributed by atoms with Crippen LogP contribution in [0.2, 0.25) is 0 Å². The molecule has 60 heavy (non-hydrogen) atoms. The monoisotopic (exact) mass is 781 g/mol. The first-order valence-corrected chi connectivity index (χ1v) is 21.4. The van der Waals surface area contributed by atoms with Gasteiger partial charge in [0, 0.05) is 42.6 Å². The molecule has 2 heterocycles. The average molecular weight is 782 g/mol. The van der Waals surface area contributed by atoms with Crippen LogP contribution in [-0.2, 0) is 5.41 Å². The molecule has 0 radical (unpaired) electrons. The Bertz CT molecular complexity index is 3500. The Hall–Kier alpha value is -7.46. The summed E-state index contributed by atoms with van der Waals surface area (Å²) in [4.78, 5) is 2.54. The summed E-state index contributed by atoms with van der Waals surface area (Å²) in [7, 11) is 0. The van der Waals surface area contributed by atoms with Gasteiger partial charge in [-0.05, 0) is 104 Å². The molecule has 0 bridgehead atoms. The Labute approximate surface area is 351 Å². The molecule has 13 rings (SSSR count). The third-order valence-corrected chi connectivity index (χ3v) is 14.0. The topological polar surface area (TPSA) is 12.5 Å². The van der Waals surface area contributed by atoms with Gasteiger partial charge < -0.3 is 9.64 Å². The number of anilines is 3. The molecule has 1 aliphatic carbocycles. The molecule has 1 aliphatic heterocycles. The molecule has 0 unspecified atom stereocenters. The fourth-order valence-corrected chi connectivity index (χ4v) is 11.7. The fourth-order valence-electron chi connectivity index (χ4n) is 10.5. The van der Waals surface area contributed by atoms with Gasteiger partial charge in [0.15, 0.2) is 0 Å². The van der Waals surface area contributed by atoms with Crippen molar-refractivity contribution in [1.29, 1.82) is 0 Å². The molecule has 11 aromatic rings. The van der Waals surface area contributed by atoms with Gasteiger partial charge in [0.05, 0.1) is 16.8 Å². The number of hydrogen-bond donors (Lipinski definition) is 0. The van der Waals surface area contributed by atoms with Crippen LogP contribution in [0.3, 0.4) is 0 Å². The number of rotatable bonds is 4. The van der Waals surface area contributed by atoms with E-state index >= 15 is 0 Å². The number of thiophene rings is 1. The Morgan fingerprint density at radius 2 is 1.02 bits per heavy atom. The van der Waals surface area contributed by atoms with E-state index in [0.29, 0.717) is 0 Å². The van der Waals surface area contributed by atoms with Crippen LogP contribution >= 0.6 is 11.3 Å². The summed E-state index contributed by atoms with van der Waals surface area (Å²) in [5.74, 6) is 1.79. The van der Waals surface area contributed by atoms with Crippen molar-refractivity contribution in [3.63, 3.8) is 0 Å². The number of benzene rings is 10. The van der Waals surface area contributed by atoms with Gasteiger partial charge >= 0.3 is 0 Å². The first-order valence-electron chi connectivity index (χ1n) is 20.6. The number of ether oxygens (including phenoxy) is 1. The van der Waals surface area contributed by atoms with Gasteiger partial charge in [0.1, 0.15) is 11.5 Å². The van der Waals surface area contributed by atoms with E-state index in [0.717, 1.165) is 39.7 Å². The predicted molar refractivity (Wildman–Crippen MR) is 252 cm³/mol. The first kappa shape index (κ1) is 33.5. The summed E-state index contributed by atoms with van der Waals surface area (Å²) in [6.45, 7) is 0. The van der Waals surface area contributed by atoms with E-state index in [2.05, 4.69) is 217 Å². The number of fused-ring (bicyclic) bond motifs is 15. The largest absolute Gasteiger partial charge is 0.457 e. The summed E-state index contributed by atoms with van der Waals surface area (Å²) in [6.07, 6.45) is 0. The zero-order valence-corrected chi connectivity index (χ0v) is 33.3. The predicted octanol–water partition coefficient (Wildman–Crippen LogP) is 16.0. The Morgan fingerprint density at radius 3 is 1.82 bits per heavy atom. The minimum absolute atomic E-state index is 0.577. The summed E-state index contributed by atoms with van der Waals surface area (Å²) < 4.78 is 9.23. The summed E-state index contributed by atoms with van der Waals surface area (Å²) in [6, 6.07) is 78.0. The molecule has 1 aromatic heterocycles. The molecule has 3 heteroatoms. The van der Waals surface area contributed by atoms with Crippen molar-refractivity contribution >= 4 is 70.1 Å². The lowest BCUT2D eigenvalue weighted by Gasteiger charge is -2.39. The molecule has 1 spiro atoms. The van der Waals surface area contributed by atoms with E-state index in [9.17, 15) is 0 Å². The maximum absolute atomic E-state index is 6.69. The molecule has 0 N–H and O–H groups in total. The molecule has 0 saturated carbocycles. The third-order valence-electron chi connectivity index (χ3n) is 12.9. The van der Waals surface area contributed by atoms with Gasteiger partial charge in [0.25, 0.3) is 0 Å². The second-order valence-electron chi connectivity index (χ2n) is 15.9. The lowest BCUT2D eigenvalue weighted by molar-refractivity contribution is 0.436. The maximum atomic E-state index is 6.69. The Morgan fingerprint density at radius 1 is 0.400 bits per heavy atom. The molecule has 280 valence electrons. The van der Waals surface area contributed by atoms with E-state index < -0.39 is 5.41 Å². The minimum Gasteiger partial charge on any atom is -0.457 e. The van der Waals surface area contributed by atoms with Gasteiger partial charge in [-0.15, -0.1) is 11.3 Å². The molecular weight excluding hydrogens is 747 g/mol. The smallest absolute Gasteiger partial charge is 0.132 e. The Kier molecular flexibility index (Phi) is 7.13. The second kappa shape index (κ2) is 12.8. The van der Waals surface area contributed by atoms with Gasteiger partial charge in [-0.25, -0.2) is 0 Å². The highest BCUT2D eigenvalue weighted by Gasteiger charge is 2.52. The summed E-state index contributed by atoms with van der Waals surface area (Å²) in [5, 5.41) is 7.55. The SMILES string of the molecule is c1ccc(N(c2cccc3c2-c2ccccc2C32c3ccccc3Oc3ccccc32)c2cc(-c3cc4ccccc4c4ccccc34)cc3sc4ccccc4c23)cc1. The van der Waals surface area contributed by atoms with Crippen LogP contribution in [0, 0.1) is 0 Å². The van der Waals surface area contributed by atoms with Gasteiger partial charge in [-0.3, -0.25) is 0 Å². The van der Waals surface area contributed by atoms with E-state index in [1.165, 1.54) is 75.1 Å². The van der Waals surface area contributed by atoms with Gasteiger partial charge in [-0.2, -0.15) is 0 Å². The lowest BCUT2D eigenvalue weighted by atomic mass is 9.66. The maximum Gasteiger partial charge on any atom is 0.132 e. The van der Waals surface area contributed by atoms with Crippen molar-refractivity contribution in [2.75, 3.05) is 4.90 Å². The molecule has 0 amide bonds. The van der Waals surface area contributed by atoms with Crippen LogP contribution in [0.25, 0.3) is 64.0 Å². The molecule has 2 nitrogen and oxygen atoms in total. The van der Waals surface area contributed by atoms with Crippen LogP contribution < -0.4 is 9.64 Å². The molecule has 0 saturated heterocycles. The normalized spacial score (nSPS) is 13.3. The van der Waals surface area contributed by atoms with Crippen LogP contribution in [0.15, 0.2) is 212 Å². The van der Waals surface area contributed by atoms with Crippen molar-refractivity contribution in [3.05, 3.63) is 235 Å². The number of hydrogen-bond acceptors (Lipinski definition) is 3. The van der Waals surface area contributed by atoms with E-state index in [-0.39, 0.29) is 0 Å². The van der Waals surface area contributed by atoms with Crippen LogP contribution in [0.4, 0.5) is 17.1 Å². The van der Waals surface area contributed by atoms with Crippen LogP contribution in [0.5, 0.6) is 11.5 Å². The summed E-state index contributed by atoms with van der Waals surface area (Å²) in [5.41, 5.74) is 12.6. The van der Waals surface area contributed by atoms with Crippen molar-refractivity contribution in [1.82, 2.24) is 0 Å². The van der Waals surface area contributed by atoms with Crippen molar-refractivity contribution in [2.45, 2.75) is 5.41 Å². The molecule has 0 atom stereocenters. The summed E-state index contributed by atoms with van der Waals surface area (Å²) >= 11 is 1.88. The average Bonchev–Trinajstić information content (AvgIpc) is 3.84. The first-order chi connectivity index (χ1) is 29.8. The standard InChI is InChI=1S/C57H35NOS/c1-2-18-38(19-3-1)58(49-29-16-28-48-55(49)42-23-8-10-25-45(42)57(48)46-26-11-13-30-51(46)59-52-31-14-12-27-47(52)57)50-34-37(35-54-56(50)43-24-9-15-32-53(43)60-54)44-33-36-17-4-5-20-39(36)40-21-6-7-22-41(40)44/h1-35H. The molecule has 10 aromatic carbocycles.